The van der Waals surface area contributed by atoms with E-state index in [0.29, 0.717) is 24.1 Å². The quantitative estimate of drug-likeness (QED) is 0.733. The zero-order valence-corrected chi connectivity index (χ0v) is 9.96. The third-order valence-corrected chi connectivity index (χ3v) is 3.63. The predicted octanol–water partition coefficient (Wildman–Crippen LogP) is -0.187. The molecule has 2 aliphatic heterocycles. The van der Waals surface area contributed by atoms with Crippen molar-refractivity contribution in [3.05, 3.63) is 6.20 Å². The number of aryl methyl sites for hydroxylation is 1. The van der Waals surface area contributed by atoms with Crippen LogP contribution in [0.1, 0.15) is 12.8 Å². The minimum absolute atomic E-state index is 0.295. The van der Waals surface area contributed by atoms with E-state index in [1.165, 1.54) is 0 Å². The first-order valence-electron chi connectivity index (χ1n) is 5.98. The fourth-order valence-corrected chi connectivity index (χ4v) is 2.80. The Morgan fingerprint density at radius 3 is 3.00 bits per heavy atom. The molecule has 0 aromatic carbocycles. The Hall–Kier alpha value is -1.72. The van der Waals surface area contributed by atoms with Crippen LogP contribution < -0.4 is 10.6 Å². The monoisotopic (exact) mass is 235 g/mol. The number of carbonyl (C=O) groups excluding carboxylic acids is 1. The highest BCUT2D eigenvalue weighted by Crippen LogP contribution is 2.28. The predicted molar refractivity (Wildman–Crippen MR) is 64.6 cm³/mol. The van der Waals surface area contributed by atoms with Crippen LogP contribution in [0, 0.1) is 0 Å². The number of hydrogen-bond donors (Lipinski definition) is 1. The molecule has 0 radical (unpaired) electrons. The van der Waals surface area contributed by atoms with Crippen LogP contribution in [0.3, 0.4) is 0 Å². The molecule has 92 valence electrons. The molecule has 2 N–H and O–H groups in total. The topological polar surface area (TPSA) is 67.4 Å². The highest BCUT2D eigenvalue weighted by molar-refractivity contribution is 5.79. The van der Waals surface area contributed by atoms with Crippen LogP contribution in [-0.4, -0.2) is 46.3 Å². The molecule has 0 spiro atoms. The molecular formula is C11H17N5O. The van der Waals surface area contributed by atoms with Crippen LogP contribution in [0.4, 0.5) is 11.5 Å². The number of piperazine rings is 1. The maximum absolute atomic E-state index is 11.6. The van der Waals surface area contributed by atoms with Gasteiger partial charge in [0.25, 0.3) is 0 Å². The summed E-state index contributed by atoms with van der Waals surface area (Å²) in [7, 11) is 1.87. The molecule has 0 aliphatic carbocycles. The van der Waals surface area contributed by atoms with Crippen molar-refractivity contribution in [2.75, 3.05) is 30.3 Å². The van der Waals surface area contributed by atoms with Crippen LogP contribution in [0.15, 0.2) is 6.20 Å². The van der Waals surface area contributed by atoms with Crippen molar-refractivity contribution in [3.8, 4) is 0 Å². The van der Waals surface area contributed by atoms with Gasteiger partial charge in [0.1, 0.15) is 0 Å². The first-order chi connectivity index (χ1) is 8.15. The van der Waals surface area contributed by atoms with Gasteiger partial charge in [0.2, 0.25) is 5.91 Å². The van der Waals surface area contributed by atoms with Gasteiger partial charge in [0.05, 0.1) is 5.69 Å². The SMILES string of the molecule is Cn1cc(N)c(N2CCN3C(=O)CCC3C2)n1. The maximum Gasteiger partial charge on any atom is 0.223 e. The number of rotatable bonds is 1. The first-order valence-corrected chi connectivity index (χ1v) is 5.98. The van der Waals surface area contributed by atoms with E-state index >= 15 is 0 Å². The van der Waals surface area contributed by atoms with E-state index in [0.717, 1.165) is 31.9 Å². The van der Waals surface area contributed by atoms with Gasteiger partial charge in [-0.15, -0.1) is 0 Å². The van der Waals surface area contributed by atoms with Crippen molar-refractivity contribution in [1.82, 2.24) is 14.7 Å². The smallest absolute Gasteiger partial charge is 0.223 e. The van der Waals surface area contributed by atoms with Crippen molar-refractivity contribution >= 4 is 17.4 Å². The van der Waals surface area contributed by atoms with Gasteiger partial charge in [0.15, 0.2) is 5.82 Å². The average Bonchev–Trinajstić information content (AvgIpc) is 2.82. The number of hydrogen-bond acceptors (Lipinski definition) is 4. The fraction of sp³-hybridized carbons (Fsp3) is 0.636. The second kappa shape index (κ2) is 3.65. The summed E-state index contributed by atoms with van der Waals surface area (Å²) in [5.41, 5.74) is 6.64. The molecule has 6 nitrogen and oxygen atoms in total. The molecule has 1 aromatic heterocycles. The van der Waals surface area contributed by atoms with Gasteiger partial charge in [0, 0.05) is 45.3 Å². The van der Waals surface area contributed by atoms with Crippen LogP contribution in [-0.2, 0) is 11.8 Å². The lowest BCUT2D eigenvalue weighted by Gasteiger charge is -2.37. The van der Waals surface area contributed by atoms with Crippen molar-refractivity contribution in [2.45, 2.75) is 18.9 Å². The molecule has 3 rings (SSSR count). The summed E-state index contributed by atoms with van der Waals surface area (Å²) in [4.78, 5) is 15.8. The van der Waals surface area contributed by atoms with Crippen molar-refractivity contribution in [2.24, 2.45) is 7.05 Å². The summed E-state index contributed by atoms with van der Waals surface area (Å²) in [6.45, 7) is 2.47. The number of amides is 1. The number of carbonyl (C=O) groups is 1. The number of nitrogens with two attached hydrogens (primary N) is 1. The second-order valence-electron chi connectivity index (χ2n) is 4.81. The third-order valence-electron chi connectivity index (χ3n) is 3.63. The van der Waals surface area contributed by atoms with Crippen LogP contribution >= 0.6 is 0 Å². The molecular weight excluding hydrogens is 218 g/mol. The molecule has 0 saturated carbocycles. The second-order valence-corrected chi connectivity index (χ2v) is 4.81. The molecule has 1 aromatic rings. The number of fused-ring (bicyclic) bond motifs is 1. The Labute approximate surface area is 100.0 Å². The third kappa shape index (κ3) is 1.64. The minimum Gasteiger partial charge on any atom is -0.394 e. The summed E-state index contributed by atoms with van der Waals surface area (Å²) in [6, 6.07) is 0.345. The Morgan fingerprint density at radius 1 is 1.47 bits per heavy atom. The van der Waals surface area contributed by atoms with Gasteiger partial charge in [-0.05, 0) is 6.42 Å². The molecule has 3 heterocycles. The van der Waals surface area contributed by atoms with Gasteiger partial charge in [-0.2, -0.15) is 5.10 Å². The fourth-order valence-electron chi connectivity index (χ4n) is 2.80. The lowest BCUT2D eigenvalue weighted by atomic mass is 10.1. The van der Waals surface area contributed by atoms with Crippen LogP contribution in [0.25, 0.3) is 0 Å². The Morgan fingerprint density at radius 2 is 2.29 bits per heavy atom. The number of nitrogen functional groups attached to an aromatic ring is 1. The standard InChI is InChI=1S/C11H17N5O/c1-14-7-9(12)11(13-14)15-4-5-16-8(6-15)2-3-10(16)17/h7-8H,2-6,12H2,1H3. The Kier molecular flexibility index (Phi) is 2.24. The summed E-state index contributed by atoms with van der Waals surface area (Å²) in [6.07, 6.45) is 3.47. The molecule has 2 aliphatic rings. The Balaban J connectivity index is 1.79. The van der Waals surface area contributed by atoms with E-state index in [2.05, 4.69) is 10.00 Å². The summed E-state index contributed by atoms with van der Waals surface area (Å²) in [5, 5.41) is 4.38. The molecule has 2 fully saturated rings. The lowest BCUT2D eigenvalue weighted by molar-refractivity contribution is -0.129. The van der Waals surface area contributed by atoms with E-state index in [4.69, 9.17) is 5.73 Å². The van der Waals surface area contributed by atoms with Crippen LogP contribution in [0.2, 0.25) is 0 Å². The van der Waals surface area contributed by atoms with E-state index in [1.807, 2.05) is 18.1 Å². The molecule has 6 heteroatoms. The normalized spacial score (nSPS) is 24.3. The van der Waals surface area contributed by atoms with E-state index in [-0.39, 0.29) is 0 Å². The zero-order chi connectivity index (χ0) is 12.0. The Bertz CT molecular complexity index is 455. The first kappa shape index (κ1) is 10.4. The van der Waals surface area contributed by atoms with Gasteiger partial charge in [-0.3, -0.25) is 9.48 Å². The lowest BCUT2D eigenvalue weighted by Crippen LogP contribution is -2.51. The largest absolute Gasteiger partial charge is 0.394 e. The van der Waals surface area contributed by atoms with E-state index in [9.17, 15) is 4.79 Å². The average molecular weight is 235 g/mol. The summed E-state index contributed by atoms with van der Waals surface area (Å²) >= 11 is 0. The van der Waals surface area contributed by atoms with Gasteiger partial charge >= 0.3 is 0 Å². The van der Waals surface area contributed by atoms with Gasteiger partial charge < -0.3 is 15.5 Å². The van der Waals surface area contributed by atoms with Crippen LogP contribution in [0.5, 0.6) is 0 Å². The van der Waals surface area contributed by atoms with Crippen molar-refractivity contribution < 1.29 is 4.79 Å². The zero-order valence-electron chi connectivity index (χ0n) is 9.96. The highest BCUT2D eigenvalue weighted by atomic mass is 16.2. The maximum atomic E-state index is 11.6. The molecule has 0 bridgehead atoms. The molecule has 2 saturated heterocycles. The summed E-state index contributed by atoms with van der Waals surface area (Å²) < 4.78 is 1.73. The highest BCUT2D eigenvalue weighted by Gasteiger charge is 2.36. The molecule has 1 unspecified atom stereocenters. The van der Waals surface area contributed by atoms with Gasteiger partial charge in [-0.1, -0.05) is 0 Å². The molecule has 17 heavy (non-hydrogen) atoms. The van der Waals surface area contributed by atoms with Crippen molar-refractivity contribution in [1.29, 1.82) is 0 Å². The molecule has 1 atom stereocenters. The number of nitrogens with zero attached hydrogens (tertiary/aromatic N) is 4. The number of anilines is 2. The van der Waals surface area contributed by atoms with E-state index in [1.54, 1.807) is 4.68 Å². The van der Waals surface area contributed by atoms with Gasteiger partial charge in [-0.25, -0.2) is 0 Å². The molecule has 1 amide bonds. The van der Waals surface area contributed by atoms with E-state index < -0.39 is 0 Å². The number of aromatic nitrogens is 2. The van der Waals surface area contributed by atoms with Crippen molar-refractivity contribution in [3.63, 3.8) is 0 Å². The summed E-state index contributed by atoms with van der Waals surface area (Å²) in [5.74, 6) is 1.15. The minimum atomic E-state index is 0.295.